The number of hydrogen-bond acceptors (Lipinski definition) is 6. The average molecular weight is 348 g/mol. The van der Waals surface area contributed by atoms with Crippen molar-refractivity contribution >= 4 is 10.8 Å². The Morgan fingerprint density at radius 2 is 1.96 bits per heavy atom. The third-order valence-corrected chi connectivity index (χ3v) is 7.46. The third-order valence-electron chi connectivity index (χ3n) is 5.42. The molecule has 0 bridgehead atoms. The Balaban J connectivity index is 2.52. The molecule has 6 nitrogen and oxygen atoms in total. The second-order valence-electron chi connectivity index (χ2n) is 7.24. The van der Waals surface area contributed by atoms with Crippen LogP contribution < -0.4 is 0 Å². The number of methoxy groups -OCH3 is 1. The Kier molecular flexibility index (Phi) is 5.13. The first kappa shape index (κ1) is 19.0. The van der Waals surface area contributed by atoms with Crippen LogP contribution >= 0.6 is 0 Å². The summed E-state index contributed by atoms with van der Waals surface area (Å²) < 4.78 is 17.9. The van der Waals surface area contributed by atoms with Crippen molar-refractivity contribution in [2.24, 2.45) is 0 Å². The molecule has 134 valence electrons. The molecular formula is C16H28O6S. The van der Waals surface area contributed by atoms with Crippen molar-refractivity contribution in [1.82, 2.24) is 0 Å². The largest absolute Gasteiger partial charge is 0.390 e. The van der Waals surface area contributed by atoms with E-state index in [0.29, 0.717) is 6.42 Å². The van der Waals surface area contributed by atoms with Gasteiger partial charge in [-0.05, 0) is 40.0 Å². The number of aliphatic hydroxyl groups is 4. The van der Waals surface area contributed by atoms with Crippen LogP contribution in [-0.2, 0) is 15.5 Å². The monoisotopic (exact) mass is 348 g/mol. The van der Waals surface area contributed by atoms with Gasteiger partial charge in [-0.1, -0.05) is 11.6 Å². The number of rotatable bonds is 3. The van der Waals surface area contributed by atoms with E-state index in [9.17, 15) is 24.6 Å². The normalized spacial score (nSPS) is 50.3. The van der Waals surface area contributed by atoms with E-state index >= 15 is 0 Å². The molecule has 1 aliphatic carbocycles. The number of allylic oxidation sites excluding steroid dienone is 2. The molecule has 4 N–H and O–H groups in total. The van der Waals surface area contributed by atoms with E-state index in [-0.39, 0.29) is 18.6 Å². The van der Waals surface area contributed by atoms with Crippen LogP contribution in [0.25, 0.3) is 0 Å². The summed E-state index contributed by atoms with van der Waals surface area (Å²) in [4.78, 5) is 0. The molecule has 23 heavy (non-hydrogen) atoms. The summed E-state index contributed by atoms with van der Waals surface area (Å²) >= 11 is 0. The van der Waals surface area contributed by atoms with E-state index < -0.39 is 45.1 Å². The molecule has 0 aromatic heterocycles. The molecule has 1 saturated heterocycles. The molecule has 1 heterocycles. The first-order chi connectivity index (χ1) is 10.5. The smallest absolute Gasteiger partial charge is 0.152 e. The zero-order valence-corrected chi connectivity index (χ0v) is 15.0. The van der Waals surface area contributed by atoms with E-state index in [0.717, 1.165) is 5.57 Å². The van der Waals surface area contributed by atoms with E-state index in [1.54, 1.807) is 0 Å². The molecule has 0 aromatic carbocycles. The van der Waals surface area contributed by atoms with Gasteiger partial charge in [0.25, 0.3) is 0 Å². The van der Waals surface area contributed by atoms with Gasteiger partial charge in [0, 0.05) is 17.9 Å². The average Bonchev–Trinajstić information content (AvgIpc) is 2.42. The van der Waals surface area contributed by atoms with Gasteiger partial charge in [0.15, 0.2) is 5.60 Å². The molecule has 1 saturated carbocycles. The number of hydrogen-bond donors (Lipinski definition) is 4. The molecule has 0 radical (unpaired) electrons. The van der Waals surface area contributed by atoms with Gasteiger partial charge in [-0.15, -0.1) is 0 Å². The lowest BCUT2D eigenvalue weighted by atomic mass is 9.60. The van der Waals surface area contributed by atoms with Crippen molar-refractivity contribution in [3.8, 4) is 0 Å². The van der Waals surface area contributed by atoms with E-state index in [1.807, 2.05) is 19.9 Å². The van der Waals surface area contributed by atoms with Crippen LogP contribution in [0.3, 0.4) is 0 Å². The summed E-state index contributed by atoms with van der Waals surface area (Å²) in [6, 6.07) is 0. The van der Waals surface area contributed by atoms with Crippen LogP contribution in [0.15, 0.2) is 11.6 Å². The second-order valence-corrected chi connectivity index (χ2v) is 8.86. The lowest BCUT2D eigenvalue weighted by molar-refractivity contribution is -0.313. The highest BCUT2D eigenvalue weighted by Crippen LogP contribution is 2.51. The zero-order valence-electron chi connectivity index (χ0n) is 14.2. The SMILES string of the molecule is COC1C(O)CCC2(O)CS(=O)C(CC=C(C)C)C(C)(O)C12O. The fourth-order valence-electron chi connectivity index (χ4n) is 4.06. The predicted octanol–water partition coefficient (Wildman–Crippen LogP) is -0.144. The minimum Gasteiger partial charge on any atom is -0.390 e. The van der Waals surface area contributed by atoms with E-state index in [1.165, 1.54) is 14.0 Å². The fraction of sp³-hybridized carbons (Fsp3) is 0.875. The van der Waals surface area contributed by atoms with E-state index in [4.69, 9.17) is 4.74 Å². The molecule has 1 aliphatic heterocycles. The van der Waals surface area contributed by atoms with Crippen LogP contribution in [-0.4, -0.2) is 71.8 Å². The molecule has 0 spiro atoms. The third kappa shape index (κ3) is 2.71. The van der Waals surface area contributed by atoms with Gasteiger partial charge in [0.1, 0.15) is 17.3 Å². The van der Waals surface area contributed by atoms with Crippen molar-refractivity contribution in [3.63, 3.8) is 0 Å². The highest BCUT2D eigenvalue weighted by atomic mass is 32.2. The summed E-state index contributed by atoms with van der Waals surface area (Å²) in [7, 11) is -0.194. The Hall–Kier alpha value is -0.310. The van der Waals surface area contributed by atoms with Gasteiger partial charge in [-0.3, -0.25) is 4.21 Å². The maximum Gasteiger partial charge on any atom is 0.152 e. The summed E-state index contributed by atoms with van der Waals surface area (Å²) in [6.45, 7) is 5.17. The lowest BCUT2D eigenvalue weighted by Gasteiger charge is -2.62. The summed E-state index contributed by atoms with van der Waals surface area (Å²) in [5, 5.41) is 42.9. The van der Waals surface area contributed by atoms with Crippen molar-refractivity contribution in [2.75, 3.05) is 12.9 Å². The number of ether oxygens (including phenoxy) is 1. The highest BCUT2D eigenvalue weighted by molar-refractivity contribution is 7.85. The maximum atomic E-state index is 12.6. The van der Waals surface area contributed by atoms with Gasteiger partial charge < -0.3 is 25.2 Å². The zero-order chi connectivity index (χ0) is 17.6. The molecular weight excluding hydrogens is 320 g/mol. The highest BCUT2D eigenvalue weighted by Gasteiger charge is 2.73. The minimum absolute atomic E-state index is 0.0573. The standard InChI is InChI=1S/C16H28O6S/c1-10(2)5-6-12-14(3,18)16(20)13(22-4)11(17)7-8-15(16,19)9-23(12)21/h5,11-13,17-20H,6-9H2,1-4H3. The van der Waals surface area contributed by atoms with Crippen molar-refractivity contribution in [2.45, 2.75) is 74.3 Å². The predicted molar refractivity (Wildman–Crippen MR) is 87.4 cm³/mol. The molecule has 7 atom stereocenters. The van der Waals surface area contributed by atoms with Crippen molar-refractivity contribution in [1.29, 1.82) is 0 Å². The lowest BCUT2D eigenvalue weighted by Crippen LogP contribution is -2.83. The Morgan fingerprint density at radius 1 is 1.35 bits per heavy atom. The number of fused-ring (bicyclic) bond motifs is 1. The Labute approximate surface area is 139 Å². The molecule has 2 aliphatic rings. The summed E-state index contributed by atoms with van der Waals surface area (Å²) in [5.74, 6) is -0.145. The van der Waals surface area contributed by atoms with Crippen LogP contribution in [0.2, 0.25) is 0 Å². The molecule has 2 fully saturated rings. The molecule has 7 unspecified atom stereocenters. The van der Waals surface area contributed by atoms with Crippen LogP contribution in [0.1, 0.15) is 40.0 Å². The quantitative estimate of drug-likeness (QED) is 0.529. The van der Waals surface area contributed by atoms with Gasteiger partial charge in [-0.25, -0.2) is 0 Å². The van der Waals surface area contributed by atoms with E-state index in [2.05, 4.69) is 0 Å². The Morgan fingerprint density at radius 3 is 2.48 bits per heavy atom. The number of aliphatic hydroxyl groups excluding tert-OH is 1. The second kappa shape index (κ2) is 6.20. The van der Waals surface area contributed by atoms with Crippen molar-refractivity contribution < 1.29 is 29.4 Å². The Bertz CT molecular complexity index is 515. The molecule has 0 amide bonds. The molecule has 2 rings (SSSR count). The molecule has 0 aromatic rings. The summed E-state index contributed by atoms with van der Waals surface area (Å²) in [6.07, 6.45) is 0.277. The first-order valence-electron chi connectivity index (χ1n) is 7.90. The first-order valence-corrected chi connectivity index (χ1v) is 9.28. The fourth-order valence-corrected chi connectivity index (χ4v) is 6.10. The van der Waals surface area contributed by atoms with Crippen LogP contribution in [0, 0.1) is 0 Å². The minimum atomic E-state index is -2.10. The van der Waals surface area contributed by atoms with Crippen molar-refractivity contribution in [3.05, 3.63) is 11.6 Å². The van der Waals surface area contributed by atoms with Gasteiger partial charge in [-0.2, -0.15) is 0 Å². The van der Waals surface area contributed by atoms with Gasteiger partial charge in [0.2, 0.25) is 0 Å². The van der Waals surface area contributed by atoms with Crippen LogP contribution in [0.5, 0.6) is 0 Å². The molecule has 7 heteroatoms. The van der Waals surface area contributed by atoms with Crippen LogP contribution in [0.4, 0.5) is 0 Å². The summed E-state index contributed by atoms with van der Waals surface area (Å²) in [5.41, 5.74) is -4.72. The van der Waals surface area contributed by atoms with Gasteiger partial charge in [0.05, 0.1) is 17.1 Å². The van der Waals surface area contributed by atoms with Gasteiger partial charge >= 0.3 is 0 Å². The maximum absolute atomic E-state index is 12.6. The topological polar surface area (TPSA) is 107 Å².